The van der Waals surface area contributed by atoms with Gasteiger partial charge in [0, 0.05) is 17.3 Å². The molecule has 0 radical (unpaired) electrons. The number of carbonyl (C=O) groups excluding carboxylic acids is 2. The highest BCUT2D eigenvalue weighted by Gasteiger charge is 2.37. The number of carbonyl (C=O) groups is 2. The van der Waals surface area contributed by atoms with Crippen molar-refractivity contribution in [2.75, 3.05) is 7.11 Å². The van der Waals surface area contributed by atoms with E-state index in [2.05, 4.69) is 4.74 Å². The lowest BCUT2D eigenvalue weighted by Crippen LogP contribution is -2.16. The van der Waals surface area contributed by atoms with Gasteiger partial charge in [-0.1, -0.05) is 29.8 Å². The van der Waals surface area contributed by atoms with E-state index in [9.17, 15) is 22.8 Å². The van der Waals surface area contributed by atoms with Crippen LogP contribution in [0.3, 0.4) is 0 Å². The van der Waals surface area contributed by atoms with Crippen LogP contribution >= 0.6 is 11.6 Å². The van der Waals surface area contributed by atoms with Crippen molar-refractivity contribution in [1.29, 1.82) is 0 Å². The van der Waals surface area contributed by atoms with E-state index in [1.54, 1.807) is 18.2 Å². The third-order valence-electron chi connectivity index (χ3n) is 5.51. The molecule has 2 aromatic carbocycles. The summed E-state index contributed by atoms with van der Waals surface area (Å²) in [6, 6.07) is 11.7. The summed E-state index contributed by atoms with van der Waals surface area (Å²) in [5, 5.41) is -0.347. The molecule has 4 nitrogen and oxygen atoms in total. The van der Waals surface area contributed by atoms with E-state index in [1.807, 2.05) is 0 Å². The number of benzene rings is 2. The average molecular weight is 490 g/mol. The van der Waals surface area contributed by atoms with E-state index >= 15 is 4.39 Å². The molecule has 174 valence electrons. The summed E-state index contributed by atoms with van der Waals surface area (Å²) < 4.78 is 62.1. The van der Waals surface area contributed by atoms with Crippen LogP contribution < -0.4 is 0 Å². The first kappa shape index (κ1) is 23.5. The van der Waals surface area contributed by atoms with Crippen LogP contribution in [0, 0.1) is 12.7 Å². The van der Waals surface area contributed by atoms with Crippen LogP contribution in [0.2, 0.25) is 5.02 Å². The first-order valence-corrected chi connectivity index (χ1v) is 10.3. The van der Waals surface area contributed by atoms with Crippen LogP contribution in [-0.4, -0.2) is 23.3 Å². The van der Waals surface area contributed by atoms with Crippen molar-refractivity contribution >= 4 is 28.9 Å². The first-order valence-electron chi connectivity index (χ1n) is 9.94. The first-order chi connectivity index (χ1) is 16.1. The number of hydrogen-bond donors (Lipinski definition) is 0. The SMILES string of the molecule is COC(=O)c1ccc(-c2c(C)c(C(=O)c3c(Cl)cccc3C(F)(F)F)n3ccccc23)c(F)c1. The molecular formula is C25H16ClF4NO3. The van der Waals surface area contributed by atoms with Gasteiger partial charge in [0.1, 0.15) is 5.82 Å². The number of methoxy groups -OCH3 is 1. The third-order valence-corrected chi connectivity index (χ3v) is 5.82. The van der Waals surface area contributed by atoms with Crippen LogP contribution in [0.15, 0.2) is 60.8 Å². The number of alkyl halides is 3. The van der Waals surface area contributed by atoms with Crippen LogP contribution in [0.5, 0.6) is 0 Å². The Morgan fingerprint density at radius 3 is 2.41 bits per heavy atom. The zero-order valence-electron chi connectivity index (χ0n) is 17.8. The highest BCUT2D eigenvalue weighted by atomic mass is 35.5. The summed E-state index contributed by atoms with van der Waals surface area (Å²) in [5.41, 5.74) is -0.904. The van der Waals surface area contributed by atoms with Gasteiger partial charge in [0.15, 0.2) is 0 Å². The van der Waals surface area contributed by atoms with Crippen molar-refractivity contribution in [1.82, 2.24) is 4.40 Å². The van der Waals surface area contributed by atoms with Crippen molar-refractivity contribution < 1.29 is 31.9 Å². The molecule has 0 aliphatic heterocycles. The maximum Gasteiger partial charge on any atom is 0.417 e. The summed E-state index contributed by atoms with van der Waals surface area (Å²) in [5.74, 6) is -2.43. The molecule has 0 amide bonds. The summed E-state index contributed by atoms with van der Waals surface area (Å²) in [7, 11) is 1.17. The Hall–Kier alpha value is -3.65. The van der Waals surface area contributed by atoms with E-state index in [4.69, 9.17) is 11.6 Å². The molecule has 2 heterocycles. The molecule has 0 bridgehead atoms. The molecule has 0 spiro atoms. The standard InChI is InChI=1S/C25H16ClF4NO3/c1-13-20(15-10-9-14(12-18(15)27)24(33)34-2)19-8-3-4-11-31(19)22(13)23(32)21-16(25(28,29)30)6-5-7-17(21)26/h3-12H,1-2H3. The van der Waals surface area contributed by atoms with Gasteiger partial charge in [-0.2, -0.15) is 13.2 Å². The summed E-state index contributed by atoms with van der Waals surface area (Å²) in [6.45, 7) is 1.52. The minimum Gasteiger partial charge on any atom is -0.465 e. The molecule has 4 rings (SSSR count). The number of ketones is 1. The summed E-state index contributed by atoms with van der Waals surface area (Å²) >= 11 is 6.06. The van der Waals surface area contributed by atoms with Gasteiger partial charge >= 0.3 is 12.1 Å². The predicted molar refractivity (Wildman–Crippen MR) is 119 cm³/mol. The highest BCUT2D eigenvalue weighted by Crippen LogP contribution is 2.39. The second kappa shape index (κ2) is 8.61. The van der Waals surface area contributed by atoms with Crippen LogP contribution in [0.4, 0.5) is 17.6 Å². The fourth-order valence-corrected chi connectivity index (χ4v) is 4.29. The summed E-state index contributed by atoms with van der Waals surface area (Å²) in [4.78, 5) is 25.3. The number of ether oxygens (including phenoxy) is 1. The van der Waals surface area contributed by atoms with Crippen molar-refractivity contribution in [2.24, 2.45) is 0 Å². The Morgan fingerprint density at radius 1 is 1.03 bits per heavy atom. The summed E-state index contributed by atoms with van der Waals surface area (Å²) in [6.07, 6.45) is -3.31. The minimum atomic E-state index is -4.81. The molecular weight excluding hydrogens is 474 g/mol. The normalized spacial score (nSPS) is 11.6. The molecule has 0 unspecified atom stereocenters. The molecule has 0 aliphatic rings. The van der Waals surface area contributed by atoms with Gasteiger partial charge in [0.2, 0.25) is 5.78 Å². The number of nitrogens with zero attached hydrogens (tertiary/aromatic N) is 1. The van der Waals surface area contributed by atoms with E-state index in [-0.39, 0.29) is 27.4 Å². The second-order valence-corrected chi connectivity index (χ2v) is 7.89. The Kier molecular flexibility index (Phi) is 5.95. The van der Waals surface area contributed by atoms with Gasteiger partial charge in [-0.3, -0.25) is 4.79 Å². The van der Waals surface area contributed by atoms with Crippen LogP contribution in [-0.2, 0) is 10.9 Å². The molecule has 4 aromatic rings. The van der Waals surface area contributed by atoms with Gasteiger partial charge in [-0.15, -0.1) is 0 Å². The largest absolute Gasteiger partial charge is 0.465 e. The fraction of sp³-hybridized carbons (Fsp3) is 0.120. The Bertz CT molecular complexity index is 1460. The molecule has 9 heteroatoms. The second-order valence-electron chi connectivity index (χ2n) is 7.48. The minimum absolute atomic E-state index is 0.00731. The third kappa shape index (κ3) is 3.84. The van der Waals surface area contributed by atoms with Gasteiger partial charge in [0.05, 0.1) is 40.0 Å². The Morgan fingerprint density at radius 2 is 1.76 bits per heavy atom. The maximum atomic E-state index is 15.1. The quantitative estimate of drug-likeness (QED) is 0.181. The van der Waals surface area contributed by atoms with Gasteiger partial charge < -0.3 is 9.14 Å². The molecule has 0 aliphatic carbocycles. The lowest BCUT2D eigenvalue weighted by molar-refractivity contribution is -0.137. The number of halogens is 5. The average Bonchev–Trinajstić information content (AvgIpc) is 3.09. The number of hydrogen-bond acceptors (Lipinski definition) is 3. The highest BCUT2D eigenvalue weighted by molar-refractivity contribution is 6.35. The maximum absolute atomic E-state index is 15.1. The van der Waals surface area contributed by atoms with Crippen LogP contribution in [0.1, 0.15) is 37.5 Å². The van der Waals surface area contributed by atoms with Gasteiger partial charge in [-0.25, -0.2) is 9.18 Å². The zero-order chi connectivity index (χ0) is 24.8. The van der Waals surface area contributed by atoms with Crippen molar-refractivity contribution in [3.63, 3.8) is 0 Å². The van der Waals surface area contributed by atoms with E-state index in [1.165, 1.54) is 42.8 Å². The molecule has 0 fully saturated rings. The van der Waals surface area contributed by atoms with Gasteiger partial charge in [0.25, 0.3) is 0 Å². The molecule has 2 aromatic heterocycles. The monoisotopic (exact) mass is 489 g/mol. The number of aromatic nitrogens is 1. The molecule has 0 N–H and O–H groups in total. The van der Waals surface area contributed by atoms with Crippen molar-refractivity contribution in [2.45, 2.75) is 13.1 Å². The Labute approximate surface area is 196 Å². The van der Waals surface area contributed by atoms with Crippen molar-refractivity contribution in [3.8, 4) is 11.1 Å². The number of rotatable bonds is 4. The Balaban J connectivity index is 1.99. The zero-order valence-corrected chi connectivity index (χ0v) is 18.6. The molecule has 34 heavy (non-hydrogen) atoms. The van der Waals surface area contributed by atoms with Crippen molar-refractivity contribution in [3.05, 3.63) is 99.6 Å². The molecule has 0 saturated carbocycles. The fourth-order valence-electron chi connectivity index (χ4n) is 4.02. The lowest BCUT2D eigenvalue weighted by atomic mass is 9.96. The molecule has 0 saturated heterocycles. The van der Waals surface area contributed by atoms with Gasteiger partial charge in [-0.05, 0) is 48.9 Å². The predicted octanol–water partition coefficient (Wildman–Crippen LogP) is 6.74. The van der Waals surface area contributed by atoms with E-state index in [0.717, 1.165) is 18.2 Å². The number of esters is 1. The molecule has 0 atom stereocenters. The lowest BCUT2D eigenvalue weighted by Gasteiger charge is -2.14. The topological polar surface area (TPSA) is 47.8 Å². The van der Waals surface area contributed by atoms with E-state index in [0.29, 0.717) is 11.1 Å². The smallest absolute Gasteiger partial charge is 0.417 e. The van der Waals surface area contributed by atoms with E-state index < -0.39 is 34.9 Å². The number of fused-ring (bicyclic) bond motifs is 1. The van der Waals surface area contributed by atoms with Crippen LogP contribution in [0.25, 0.3) is 16.6 Å². The number of pyridine rings is 1.